The smallest absolute Gasteiger partial charge is 0.119 e. The summed E-state index contributed by atoms with van der Waals surface area (Å²) in [6.07, 6.45) is 2.14. The number of hydrogen-bond acceptors (Lipinski definition) is 3. The van der Waals surface area contributed by atoms with Crippen LogP contribution < -0.4 is 9.47 Å². The van der Waals surface area contributed by atoms with Crippen molar-refractivity contribution in [1.29, 1.82) is 0 Å². The van der Waals surface area contributed by atoms with Gasteiger partial charge in [-0.1, -0.05) is 0 Å². The summed E-state index contributed by atoms with van der Waals surface area (Å²) in [5.41, 5.74) is 2.49. The summed E-state index contributed by atoms with van der Waals surface area (Å²) < 4.78 is 13.1. The molecule has 0 radical (unpaired) electrons. The van der Waals surface area contributed by atoms with E-state index in [1.807, 2.05) is 23.9 Å². The van der Waals surface area contributed by atoms with Crippen LogP contribution in [0.1, 0.15) is 0 Å². The highest BCUT2D eigenvalue weighted by molar-refractivity contribution is 7.98. The molecule has 1 aromatic heterocycles. The monoisotopic (exact) mass is 301 g/mol. The van der Waals surface area contributed by atoms with Gasteiger partial charge in [-0.05, 0) is 42.7 Å². The second-order valence-electron chi connectivity index (χ2n) is 4.91. The van der Waals surface area contributed by atoms with Crippen molar-refractivity contribution in [3.05, 3.63) is 36.4 Å². The van der Waals surface area contributed by atoms with Crippen LogP contribution in [0, 0.1) is 0 Å². The van der Waals surface area contributed by atoms with Crippen molar-refractivity contribution in [2.45, 2.75) is 6.54 Å². The number of ether oxygens (including phenoxy) is 2. The van der Waals surface area contributed by atoms with Crippen molar-refractivity contribution >= 4 is 33.6 Å². The quantitative estimate of drug-likeness (QED) is 0.706. The Bertz CT molecular complexity index is 718. The molecule has 3 aromatic rings. The first-order valence-corrected chi connectivity index (χ1v) is 8.31. The van der Waals surface area contributed by atoms with Gasteiger partial charge in [-0.2, -0.15) is 11.8 Å². The van der Waals surface area contributed by atoms with E-state index in [9.17, 15) is 0 Å². The minimum atomic E-state index is 0.884. The minimum absolute atomic E-state index is 0.884. The second-order valence-corrected chi connectivity index (χ2v) is 5.90. The molecule has 3 rings (SSSR count). The first-order valence-electron chi connectivity index (χ1n) is 6.91. The number of benzene rings is 2. The number of aromatic nitrogens is 1. The van der Waals surface area contributed by atoms with E-state index in [4.69, 9.17) is 9.47 Å². The second kappa shape index (κ2) is 5.90. The van der Waals surface area contributed by atoms with Crippen LogP contribution >= 0.6 is 11.8 Å². The van der Waals surface area contributed by atoms with Crippen LogP contribution in [0.3, 0.4) is 0 Å². The lowest BCUT2D eigenvalue weighted by Crippen LogP contribution is -1.99. The molecule has 0 fully saturated rings. The number of methoxy groups -OCH3 is 2. The van der Waals surface area contributed by atoms with Gasteiger partial charge in [0.05, 0.1) is 14.2 Å². The first kappa shape index (κ1) is 14.1. The van der Waals surface area contributed by atoms with Crippen molar-refractivity contribution in [3.63, 3.8) is 0 Å². The zero-order valence-corrected chi connectivity index (χ0v) is 13.4. The summed E-state index contributed by atoms with van der Waals surface area (Å²) in [5, 5.41) is 2.42. The molecule has 0 spiro atoms. The predicted molar refractivity (Wildman–Crippen MR) is 90.9 cm³/mol. The molecule has 0 aliphatic heterocycles. The van der Waals surface area contributed by atoms with Gasteiger partial charge in [-0.3, -0.25) is 0 Å². The number of nitrogens with zero attached hydrogens (tertiary/aromatic N) is 1. The van der Waals surface area contributed by atoms with E-state index in [-0.39, 0.29) is 0 Å². The topological polar surface area (TPSA) is 23.4 Å². The van der Waals surface area contributed by atoms with E-state index in [1.165, 1.54) is 21.8 Å². The van der Waals surface area contributed by atoms with Crippen molar-refractivity contribution in [1.82, 2.24) is 4.57 Å². The van der Waals surface area contributed by atoms with Gasteiger partial charge in [0.25, 0.3) is 0 Å². The van der Waals surface area contributed by atoms with Crippen molar-refractivity contribution in [2.24, 2.45) is 0 Å². The Balaban J connectivity index is 2.31. The lowest BCUT2D eigenvalue weighted by atomic mass is 10.1. The number of fused-ring (bicyclic) bond motifs is 3. The van der Waals surface area contributed by atoms with Crippen molar-refractivity contribution < 1.29 is 9.47 Å². The van der Waals surface area contributed by atoms with Gasteiger partial charge in [0.15, 0.2) is 0 Å². The molecule has 21 heavy (non-hydrogen) atoms. The molecule has 0 unspecified atom stereocenters. The van der Waals surface area contributed by atoms with Crippen LogP contribution in [0.25, 0.3) is 21.8 Å². The maximum absolute atomic E-state index is 5.37. The summed E-state index contributed by atoms with van der Waals surface area (Å²) in [6, 6.07) is 12.5. The number of aryl methyl sites for hydroxylation is 1. The standard InChI is InChI=1S/C17H19NO2S/c1-19-12-4-6-16-14(10-12)15-11-13(20-2)5-7-17(15)18(16)8-9-21-3/h4-7,10-11H,8-9H2,1-3H3. The lowest BCUT2D eigenvalue weighted by molar-refractivity contribution is 0.415. The van der Waals surface area contributed by atoms with Gasteiger partial charge in [-0.25, -0.2) is 0 Å². The Morgan fingerprint density at radius 1 is 0.905 bits per heavy atom. The molecule has 0 amide bonds. The number of hydrogen-bond donors (Lipinski definition) is 0. The molecular weight excluding hydrogens is 282 g/mol. The van der Waals surface area contributed by atoms with Gasteiger partial charge < -0.3 is 14.0 Å². The third kappa shape index (κ3) is 2.44. The van der Waals surface area contributed by atoms with Crippen LogP contribution in [0.2, 0.25) is 0 Å². The molecule has 0 saturated heterocycles. The van der Waals surface area contributed by atoms with Crippen molar-refractivity contribution in [3.8, 4) is 11.5 Å². The highest BCUT2D eigenvalue weighted by atomic mass is 32.2. The first-order chi connectivity index (χ1) is 10.3. The number of thioether (sulfide) groups is 1. The van der Waals surface area contributed by atoms with Gasteiger partial charge in [-0.15, -0.1) is 0 Å². The van der Waals surface area contributed by atoms with Gasteiger partial charge in [0.1, 0.15) is 11.5 Å². The van der Waals surface area contributed by atoms with Gasteiger partial charge in [0.2, 0.25) is 0 Å². The summed E-state index contributed by atoms with van der Waals surface area (Å²) in [4.78, 5) is 0. The maximum atomic E-state index is 5.37. The average molecular weight is 301 g/mol. The Labute approximate surface area is 128 Å². The van der Waals surface area contributed by atoms with Crippen LogP contribution in [0.15, 0.2) is 36.4 Å². The maximum Gasteiger partial charge on any atom is 0.119 e. The van der Waals surface area contributed by atoms with Crippen LogP contribution in [-0.2, 0) is 6.54 Å². The highest BCUT2D eigenvalue weighted by Crippen LogP contribution is 2.34. The molecule has 0 saturated carbocycles. The van der Waals surface area contributed by atoms with Crippen molar-refractivity contribution in [2.75, 3.05) is 26.2 Å². The summed E-state index contributed by atoms with van der Waals surface area (Å²) in [5.74, 6) is 2.86. The van der Waals surface area contributed by atoms with Crippen LogP contribution in [0.4, 0.5) is 0 Å². The third-order valence-electron chi connectivity index (χ3n) is 3.80. The van der Waals surface area contributed by atoms with E-state index < -0.39 is 0 Å². The fourth-order valence-electron chi connectivity index (χ4n) is 2.74. The van der Waals surface area contributed by atoms with Gasteiger partial charge in [0, 0.05) is 34.1 Å². The third-order valence-corrected chi connectivity index (χ3v) is 4.39. The molecule has 0 atom stereocenters. The minimum Gasteiger partial charge on any atom is -0.497 e. The van der Waals surface area contributed by atoms with Crippen LogP contribution in [-0.4, -0.2) is 30.8 Å². The molecule has 0 N–H and O–H groups in total. The fraction of sp³-hybridized carbons (Fsp3) is 0.294. The molecule has 1 heterocycles. The molecule has 110 valence electrons. The summed E-state index contributed by atoms with van der Waals surface area (Å²) in [6.45, 7) is 1.000. The van der Waals surface area contributed by atoms with Crippen LogP contribution in [0.5, 0.6) is 11.5 Å². The van der Waals surface area contributed by atoms with E-state index in [0.29, 0.717) is 0 Å². The largest absolute Gasteiger partial charge is 0.497 e. The molecule has 4 heteroatoms. The Hall–Kier alpha value is -1.81. The molecule has 0 bridgehead atoms. The highest BCUT2D eigenvalue weighted by Gasteiger charge is 2.12. The molecule has 3 nitrogen and oxygen atoms in total. The zero-order valence-electron chi connectivity index (χ0n) is 12.6. The van der Waals surface area contributed by atoms with E-state index in [0.717, 1.165) is 23.8 Å². The van der Waals surface area contributed by atoms with Gasteiger partial charge >= 0.3 is 0 Å². The van der Waals surface area contributed by atoms with E-state index >= 15 is 0 Å². The zero-order chi connectivity index (χ0) is 14.8. The molecule has 2 aromatic carbocycles. The molecule has 0 aliphatic carbocycles. The Morgan fingerprint density at radius 3 is 1.86 bits per heavy atom. The van der Waals surface area contributed by atoms with E-state index in [1.54, 1.807) is 14.2 Å². The Morgan fingerprint density at radius 2 is 1.43 bits per heavy atom. The summed E-state index contributed by atoms with van der Waals surface area (Å²) >= 11 is 1.86. The lowest BCUT2D eigenvalue weighted by Gasteiger charge is -2.07. The molecule has 0 aliphatic rings. The van der Waals surface area contributed by atoms with E-state index in [2.05, 4.69) is 35.1 Å². The molecular formula is C17H19NO2S. The predicted octanol–water partition coefficient (Wildman–Crippen LogP) is 4.17. The summed E-state index contributed by atoms with van der Waals surface area (Å²) in [7, 11) is 3.41. The Kier molecular flexibility index (Phi) is 3.97. The normalized spacial score (nSPS) is 11.2. The SMILES string of the molecule is COc1ccc2c(c1)c1cc(OC)ccc1n2CCSC. The fourth-order valence-corrected chi connectivity index (χ4v) is 3.10. The average Bonchev–Trinajstić information content (AvgIpc) is 2.85. The number of rotatable bonds is 5.